The van der Waals surface area contributed by atoms with Crippen LogP contribution >= 0.6 is 38.5 Å². The molecule has 0 bridgehead atoms. The Kier molecular flexibility index (Phi) is 7.75. The number of hydrogen-bond donors (Lipinski definition) is 2. The van der Waals surface area contributed by atoms with Gasteiger partial charge in [0.25, 0.3) is 0 Å². The highest BCUT2D eigenvalue weighted by molar-refractivity contribution is 14.1. The van der Waals surface area contributed by atoms with Crippen molar-refractivity contribution in [1.82, 2.24) is 10.6 Å². The summed E-state index contributed by atoms with van der Waals surface area (Å²) in [6.07, 6.45) is 0. The second-order valence-corrected chi connectivity index (χ2v) is 7.17. The van der Waals surface area contributed by atoms with Gasteiger partial charge in [-0.1, -0.05) is 29.8 Å². The Balaban J connectivity index is 2.33. The zero-order valence-corrected chi connectivity index (χ0v) is 15.0. The van der Waals surface area contributed by atoms with Crippen LogP contribution in [0.3, 0.4) is 0 Å². The minimum Gasteiger partial charge on any atom is -0.315 e. The lowest BCUT2D eigenvalue weighted by atomic mass is 10.2. The lowest BCUT2D eigenvalue weighted by Crippen LogP contribution is -2.37. The largest absolute Gasteiger partial charge is 0.315 e. The Morgan fingerprint density at radius 3 is 2.61 bits per heavy atom. The van der Waals surface area contributed by atoms with E-state index in [-0.39, 0.29) is 0 Å². The van der Waals surface area contributed by atoms with E-state index in [0.717, 1.165) is 19.6 Å². The van der Waals surface area contributed by atoms with Crippen molar-refractivity contribution in [2.75, 3.05) is 13.1 Å². The molecule has 1 unspecified atom stereocenters. The van der Waals surface area contributed by atoms with Gasteiger partial charge in [-0.2, -0.15) is 0 Å². The molecular formula is C14H22BrIN2. The number of rotatable bonds is 7. The predicted molar refractivity (Wildman–Crippen MR) is 90.9 cm³/mol. The van der Waals surface area contributed by atoms with Crippen LogP contribution in [0.5, 0.6) is 0 Å². The second-order valence-electron chi connectivity index (χ2n) is 5.07. The molecule has 0 aliphatic rings. The van der Waals surface area contributed by atoms with E-state index in [1.165, 1.54) is 13.6 Å². The Morgan fingerprint density at radius 1 is 1.22 bits per heavy atom. The van der Waals surface area contributed by atoms with Crippen LogP contribution in [0.25, 0.3) is 0 Å². The lowest BCUT2D eigenvalue weighted by Gasteiger charge is -2.16. The Hall–Kier alpha value is 0.350. The quantitative estimate of drug-likeness (QED) is 0.651. The Bertz CT molecular complexity index is 369. The SMILES string of the molecule is CC(C)CNCC(C)NCc1cc(I)ccc1Br. The summed E-state index contributed by atoms with van der Waals surface area (Å²) in [7, 11) is 0. The standard InChI is InChI=1S/C14H22BrIN2/c1-10(2)7-17-8-11(3)18-9-12-6-13(16)4-5-14(12)15/h4-6,10-11,17-18H,7-9H2,1-3H3. The highest BCUT2D eigenvalue weighted by atomic mass is 127. The van der Waals surface area contributed by atoms with Crippen molar-refractivity contribution >= 4 is 38.5 Å². The Morgan fingerprint density at radius 2 is 1.94 bits per heavy atom. The van der Waals surface area contributed by atoms with Crippen LogP contribution in [0.2, 0.25) is 0 Å². The fraction of sp³-hybridized carbons (Fsp3) is 0.571. The molecule has 0 saturated carbocycles. The van der Waals surface area contributed by atoms with Crippen molar-refractivity contribution in [3.63, 3.8) is 0 Å². The first-order valence-electron chi connectivity index (χ1n) is 6.37. The summed E-state index contributed by atoms with van der Waals surface area (Å²) < 4.78 is 2.45. The Labute approximate surface area is 133 Å². The maximum absolute atomic E-state index is 3.59. The molecule has 0 aliphatic carbocycles. The van der Waals surface area contributed by atoms with Gasteiger partial charge in [-0.05, 0) is 65.7 Å². The molecule has 0 fully saturated rings. The number of halogens is 2. The summed E-state index contributed by atoms with van der Waals surface area (Å²) in [6, 6.07) is 6.92. The first kappa shape index (κ1) is 16.4. The van der Waals surface area contributed by atoms with Gasteiger partial charge in [0.05, 0.1) is 0 Å². The average Bonchev–Trinajstić information content (AvgIpc) is 2.30. The van der Waals surface area contributed by atoms with Gasteiger partial charge in [0.2, 0.25) is 0 Å². The van der Waals surface area contributed by atoms with E-state index >= 15 is 0 Å². The van der Waals surface area contributed by atoms with Crippen LogP contribution in [0, 0.1) is 9.49 Å². The molecule has 102 valence electrons. The highest BCUT2D eigenvalue weighted by Gasteiger charge is 2.04. The van der Waals surface area contributed by atoms with E-state index in [1.807, 2.05) is 0 Å². The topological polar surface area (TPSA) is 24.1 Å². The summed E-state index contributed by atoms with van der Waals surface area (Å²) in [5.41, 5.74) is 1.32. The van der Waals surface area contributed by atoms with Crippen molar-refractivity contribution in [1.29, 1.82) is 0 Å². The third-order valence-corrected chi connectivity index (χ3v) is 4.10. The molecule has 0 aliphatic heterocycles. The molecule has 0 spiro atoms. The van der Waals surface area contributed by atoms with Gasteiger partial charge in [0.15, 0.2) is 0 Å². The van der Waals surface area contributed by atoms with Gasteiger partial charge >= 0.3 is 0 Å². The molecule has 0 radical (unpaired) electrons. The molecule has 1 atom stereocenters. The third kappa shape index (κ3) is 6.50. The molecule has 0 saturated heterocycles. The molecular weight excluding hydrogens is 403 g/mol. The molecule has 1 rings (SSSR count). The summed E-state index contributed by atoms with van der Waals surface area (Å²) in [6.45, 7) is 9.68. The zero-order valence-electron chi connectivity index (χ0n) is 11.3. The second kappa shape index (κ2) is 8.51. The van der Waals surface area contributed by atoms with E-state index in [9.17, 15) is 0 Å². The molecule has 1 aromatic carbocycles. The van der Waals surface area contributed by atoms with Gasteiger partial charge in [-0.3, -0.25) is 0 Å². The number of hydrogen-bond acceptors (Lipinski definition) is 2. The zero-order chi connectivity index (χ0) is 13.5. The van der Waals surface area contributed by atoms with Crippen molar-refractivity contribution in [3.05, 3.63) is 31.8 Å². The molecule has 0 aromatic heterocycles. The first-order chi connectivity index (χ1) is 8.49. The van der Waals surface area contributed by atoms with Crippen LogP contribution in [0.1, 0.15) is 26.3 Å². The van der Waals surface area contributed by atoms with Crippen LogP contribution in [0.15, 0.2) is 22.7 Å². The maximum atomic E-state index is 3.59. The molecule has 0 heterocycles. The predicted octanol–water partition coefficient (Wildman–Crippen LogP) is 3.78. The molecule has 2 N–H and O–H groups in total. The van der Waals surface area contributed by atoms with E-state index in [1.54, 1.807) is 0 Å². The molecule has 1 aromatic rings. The fourth-order valence-corrected chi connectivity index (χ4v) is 2.57. The molecule has 2 nitrogen and oxygen atoms in total. The third-order valence-electron chi connectivity index (χ3n) is 2.65. The maximum Gasteiger partial charge on any atom is 0.0220 e. The van der Waals surface area contributed by atoms with Crippen molar-refractivity contribution in [2.24, 2.45) is 5.92 Å². The van der Waals surface area contributed by atoms with Crippen molar-refractivity contribution in [2.45, 2.75) is 33.4 Å². The first-order valence-corrected chi connectivity index (χ1v) is 8.24. The van der Waals surface area contributed by atoms with Crippen molar-refractivity contribution < 1.29 is 0 Å². The van der Waals surface area contributed by atoms with Crippen LogP contribution < -0.4 is 10.6 Å². The van der Waals surface area contributed by atoms with Crippen molar-refractivity contribution in [3.8, 4) is 0 Å². The molecule has 4 heteroatoms. The average molecular weight is 425 g/mol. The highest BCUT2D eigenvalue weighted by Crippen LogP contribution is 2.19. The minimum atomic E-state index is 0.480. The summed E-state index contributed by atoms with van der Waals surface area (Å²) in [5, 5.41) is 7.02. The normalized spacial score (nSPS) is 13.0. The minimum absolute atomic E-state index is 0.480. The van der Waals surface area contributed by atoms with Gasteiger partial charge in [-0.25, -0.2) is 0 Å². The summed E-state index contributed by atoms with van der Waals surface area (Å²) in [4.78, 5) is 0. The van der Waals surface area contributed by atoms with E-state index in [2.05, 4.69) is 88.1 Å². The van der Waals surface area contributed by atoms with Crippen LogP contribution in [0.4, 0.5) is 0 Å². The smallest absolute Gasteiger partial charge is 0.0220 e. The fourth-order valence-electron chi connectivity index (χ4n) is 1.62. The summed E-state index contributed by atoms with van der Waals surface area (Å²) in [5.74, 6) is 0.710. The summed E-state index contributed by atoms with van der Waals surface area (Å²) >= 11 is 5.94. The molecule has 18 heavy (non-hydrogen) atoms. The number of benzene rings is 1. The monoisotopic (exact) mass is 424 g/mol. The molecule has 0 amide bonds. The van der Waals surface area contributed by atoms with E-state index in [4.69, 9.17) is 0 Å². The van der Waals surface area contributed by atoms with E-state index in [0.29, 0.717) is 12.0 Å². The van der Waals surface area contributed by atoms with Gasteiger partial charge < -0.3 is 10.6 Å². The number of nitrogens with one attached hydrogen (secondary N) is 2. The van der Waals surface area contributed by atoms with Gasteiger partial charge in [-0.15, -0.1) is 0 Å². The van der Waals surface area contributed by atoms with Crippen LogP contribution in [-0.4, -0.2) is 19.1 Å². The van der Waals surface area contributed by atoms with Gasteiger partial charge in [0.1, 0.15) is 0 Å². The lowest BCUT2D eigenvalue weighted by molar-refractivity contribution is 0.472. The van der Waals surface area contributed by atoms with Crippen LogP contribution in [-0.2, 0) is 6.54 Å². The van der Waals surface area contributed by atoms with E-state index < -0.39 is 0 Å². The van der Waals surface area contributed by atoms with Gasteiger partial charge in [0, 0.05) is 27.2 Å².